The molecule has 0 bridgehead atoms. The van der Waals surface area contributed by atoms with E-state index in [-0.39, 0.29) is 40.6 Å². The number of phenolic OH excluding ortho intramolecular Hbond substituents is 1. The minimum Gasteiger partial charge on any atom is -0.504 e. The highest BCUT2D eigenvalue weighted by molar-refractivity contribution is 5.90. The molecule has 2 aliphatic rings. The van der Waals surface area contributed by atoms with Crippen molar-refractivity contribution >= 4 is 5.97 Å². The van der Waals surface area contributed by atoms with Crippen LogP contribution in [0.25, 0.3) is 0 Å². The molecule has 1 aromatic rings. The van der Waals surface area contributed by atoms with Crippen molar-refractivity contribution in [2.45, 2.75) is 70.9 Å². The second-order valence-electron chi connectivity index (χ2n) is 8.79. The highest BCUT2D eigenvalue weighted by Gasteiger charge is 2.60. The molecule has 1 aromatic carbocycles. The summed E-state index contributed by atoms with van der Waals surface area (Å²) in [6, 6.07) is 4.36. The topological polar surface area (TPSA) is 88.5 Å². The number of aliphatic hydroxyl groups excluding tert-OH is 1. The molecule has 1 heterocycles. The van der Waals surface area contributed by atoms with Crippen LogP contribution in [0, 0.1) is 11.8 Å². The summed E-state index contributed by atoms with van der Waals surface area (Å²) in [6.45, 7) is 8.13. The van der Waals surface area contributed by atoms with Crippen LogP contribution in [0.1, 0.15) is 57.3 Å². The molecule has 0 saturated carbocycles. The van der Waals surface area contributed by atoms with Crippen molar-refractivity contribution in [1.29, 1.82) is 0 Å². The molecule has 5 atom stereocenters. The summed E-state index contributed by atoms with van der Waals surface area (Å²) >= 11 is 0. The van der Waals surface area contributed by atoms with E-state index in [2.05, 4.69) is 6.08 Å². The van der Waals surface area contributed by atoms with Gasteiger partial charge in [0.2, 0.25) is 0 Å². The van der Waals surface area contributed by atoms with E-state index in [1.54, 1.807) is 0 Å². The third-order valence-electron chi connectivity index (χ3n) is 6.16. The number of esters is 1. The Bertz CT molecular complexity index is 786. The molecule has 6 nitrogen and oxygen atoms in total. The number of benzene rings is 1. The van der Waals surface area contributed by atoms with E-state index in [4.69, 9.17) is 14.2 Å². The molecule has 160 valence electrons. The molecule has 0 spiro atoms. The Labute approximate surface area is 172 Å². The number of methoxy groups -OCH3 is 1. The van der Waals surface area contributed by atoms with Crippen LogP contribution in [0.3, 0.4) is 0 Å². The van der Waals surface area contributed by atoms with E-state index >= 15 is 0 Å². The predicted molar refractivity (Wildman–Crippen MR) is 109 cm³/mol. The third-order valence-corrected chi connectivity index (χ3v) is 6.16. The van der Waals surface area contributed by atoms with Crippen molar-refractivity contribution < 1.29 is 29.2 Å². The summed E-state index contributed by atoms with van der Waals surface area (Å²) in [5.41, 5.74) is 1.06. The lowest BCUT2D eigenvalue weighted by Crippen LogP contribution is -2.44. The molecule has 1 saturated heterocycles. The fourth-order valence-electron chi connectivity index (χ4n) is 4.41. The zero-order chi connectivity index (χ0) is 21.3. The highest BCUT2D eigenvalue weighted by atomic mass is 16.6. The molecule has 1 aliphatic heterocycles. The first kappa shape index (κ1) is 21.7. The van der Waals surface area contributed by atoms with E-state index < -0.39 is 18.2 Å². The van der Waals surface area contributed by atoms with E-state index in [9.17, 15) is 15.0 Å². The van der Waals surface area contributed by atoms with Crippen LogP contribution in [0.4, 0.5) is 0 Å². The molecule has 0 aromatic heterocycles. The summed E-state index contributed by atoms with van der Waals surface area (Å²) in [5.74, 6) is -0.518. The summed E-state index contributed by atoms with van der Waals surface area (Å²) in [6.07, 6.45) is 2.98. The maximum absolute atomic E-state index is 12.9. The number of ether oxygens (including phenoxy) is 3. The van der Waals surface area contributed by atoms with Crippen molar-refractivity contribution in [2.24, 2.45) is 11.8 Å². The number of carbonyl (C=O) groups is 1. The Balaban J connectivity index is 1.90. The first-order valence-corrected chi connectivity index (χ1v) is 10.3. The monoisotopic (exact) mass is 404 g/mol. The minimum atomic E-state index is -0.634. The van der Waals surface area contributed by atoms with Gasteiger partial charge in [-0.2, -0.15) is 0 Å². The lowest BCUT2D eigenvalue weighted by molar-refractivity contribution is -0.0441. The van der Waals surface area contributed by atoms with Gasteiger partial charge in [-0.05, 0) is 57.2 Å². The summed E-state index contributed by atoms with van der Waals surface area (Å²) < 4.78 is 17.1. The molecule has 2 N–H and O–H groups in total. The number of phenols is 1. The van der Waals surface area contributed by atoms with Gasteiger partial charge in [-0.25, -0.2) is 4.79 Å². The second-order valence-corrected chi connectivity index (χ2v) is 8.79. The number of fused-ring (bicyclic) bond motifs is 1. The van der Waals surface area contributed by atoms with Crippen LogP contribution in [0.2, 0.25) is 0 Å². The molecule has 6 heteroatoms. The van der Waals surface area contributed by atoms with Gasteiger partial charge in [-0.3, -0.25) is 0 Å². The molecule has 0 amide bonds. The number of carbonyl (C=O) groups excluding carboxylic acids is 1. The molecular weight excluding hydrogens is 372 g/mol. The standard InChI is InChI=1S/C23H32O6/c1-13(2)19-17(25)11-14(3)7-6-10-23(4)21(29-23)20(19)28-22(26)15-8-9-16(24)18(12-15)27-5/h7-9,12-13,17,19-21,24-25H,6,10-11H2,1-5H3/t17-,19?,20+,21-,23-/m1/s1. The number of hydrogen-bond acceptors (Lipinski definition) is 6. The molecular formula is C23H32O6. The van der Waals surface area contributed by atoms with Gasteiger partial charge >= 0.3 is 5.97 Å². The van der Waals surface area contributed by atoms with Gasteiger partial charge in [0, 0.05) is 5.92 Å². The van der Waals surface area contributed by atoms with E-state index in [0.29, 0.717) is 6.42 Å². The lowest BCUT2D eigenvalue weighted by Gasteiger charge is -2.34. The average Bonchev–Trinajstić information content (AvgIpc) is 3.31. The van der Waals surface area contributed by atoms with E-state index in [1.807, 2.05) is 27.7 Å². The van der Waals surface area contributed by atoms with Crippen LogP contribution >= 0.6 is 0 Å². The van der Waals surface area contributed by atoms with Crippen molar-refractivity contribution in [2.75, 3.05) is 7.11 Å². The number of allylic oxidation sites excluding steroid dienone is 1. The third kappa shape index (κ3) is 4.59. The Morgan fingerprint density at radius 2 is 2.07 bits per heavy atom. The van der Waals surface area contributed by atoms with Crippen LogP contribution in [-0.2, 0) is 9.47 Å². The minimum absolute atomic E-state index is 0.0430. The summed E-state index contributed by atoms with van der Waals surface area (Å²) in [5, 5.41) is 20.8. The largest absolute Gasteiger partial charge is 0.504 e. The first-order valence-electron chi connectivity index (χ1n) is 10.3. The van der Waals surface area contributed by atoms with Crippen LogP contribution in [-0.4, -0.2) is 47.2 Å². The zero-order valence-corrected chi connectivity index (χ0v) is 17.8. The normalized spacial score (nSPS) is 32.2. The molecule has 1 fully saturated rings. The van der Waals surface area contributed by atoms with Gasteiger partial charge in [-0.15, -0.1) is 0 Å². The van der Waals surface area contributed by atoms with E-state index in [0.717, 1.165) is 18.4 Å². The van der Waals surface area contributed by atoms with Crippen LogP contribution in [0.5, 0.6) is 11.5 Å². The van der Waals surface area contributed by atoms with Crippen molar-refractivity contribution in [3.63, 3.8) is 0 Å². The predicted octanol–water partition coefficient (Wildman–Crippen LogP) is 3.85. The SMILES string of the molecule is COc1cc(C(=O)O[C@H]2C(C(C)C)[C@H](O)CC(C)=CCC[C@@]3(C)O[C@H]23)ccc1O. The number of aliphatic hydroxyl groups is 1. The van der Waals surface area contributed by atoms with E-state index in [1.165, 1.54) is 25.3 Å². The molecule has 1 unspecified atom stereocenters. The number of aromatic hydroxyl groups is 1. The fourth-order valence-corrected chi connectivity index (χ4v) is 4.41. The summed E-state index contributed by atoms with van der Waals surface area (Å²) in [7, 11) is 1.43. The maximum Gasteiger partial charge on any atom is 0.338 e. The number of rotatable bonds is 4. The molecule has 3 rings (SSSR count). The second kappa shape index (κ2) is 8.36. The Kier molecular flexibility index (Phi) is 6.24. The Hall–Kier alpha value is -2.05. The Morgan fingerprint density at radius 3 is 2.72 bits per heavy atom. The fraction of sp³-hybridized carbons (Fsp3) is 0.609. The smallest absolute Gasteiger partial charge is 0.338 e. The van der Waals surface area contributed by atoms with Gasteiger partial charge in [0.25, 0.3) is 0 Å². The van der Waals surface area contributed by atoms with Crippen LogP contribution in [0.15, 0.2) is 29.8 Å². The van der Waals surface area contributed by atoms with Crippen molar-refractivity contribution in [3.8, 4) is 11.5 Å². The van der Waals surface area contributed by atoms with Crippen molar-refractivity contribution in [3.05, 3.63) is 35.4 Å². The van der Waals surface area contributed by atoms with Crippen molar-refractivity contribution in [1.82, 2.24) is 0 Å². The van der Waals surface area contributed by atoms with Gasteiger partial charge in [-0.1, -0.05) is 25.5 Å². The quantitative estimate of drug-likeness (QED) is 0.450. The lowest BCUT2D eigenvalue weighted by atomic mass is 9.78. The Morgan fingerprint density at radius 1 is 1.34 bits per heavy atom. The molecule has 1 aliphatic carbocycles. The van der Waals surface area contributed by atoms with Gasteiger partial charge in [0.05, 0.1) is 24.4 Å². The number of epoxide rings is 1. The number of hydrogen-bond donors (Lipinski definition) is 2. The molecule has 29 heavy (non-hydrogen) atoms. The first-order chi connectivity index (χ1) is 13.7. The maximum atomic E-state index is 12.9. The molecule has 0 radical (unpaired) electrons. The van der Waals surface area contributed by atoms with Gasteiger partial charge in [0.15, 0.2) is 11.5 Å². The zero-order valence-electron chi connectivity index (χ0n) is 17.8. The highest BCUT2D eigenvalue weighted by Crippen LogP contribution is 2.48. The van der Waals surface area contributed by atoms with Crippen LogP contribution < -0.4 is 4.74 Å². The average molecular weight is 405 g/mol. The van der Waals surface area contributed by atoms with Gasteiger partial charge < -0.3 is 24.4 Å². The summed E-state index contributed by atoms with van der Waals surface area (Å²) in [4.78, 5) is 12.9. The van der Waals surface area contributed by atoms with Gasteiger partial charge in [0.1, 0.15) is 12.2 Å².